The van der Waals surface area contributed by atoms with Gasteiger partial charge < -0.3 is 15.2 Å². The summed E-state index contributed by atoms with van der Waals surface area (Å²) in [5, 5.41) is 7.29. The molecule has 1 aromatic carbocycles. The van der Waals surface area contributed by atoms with E-state index in [2.05, 4.69) is 20.2 Å². The van der Waals surface area contributed by atoms with E-state index in [1.54, 1.807) is 0 Å². The zero-order valence-corrected chi connectivity index (χ0v) is 19.9. The fourth-order valence-electron chi connectivity index (χ4n) is 5.68. The summed E-state index contributed by atoms with van der Waals surface area (Å²) in [4.78, 5) is 17.0. The molecule has 0 spiro atoms. The summed E-state index contributed by atoms with van der Waals surface area (Å²) < 4.78 is 2.10. The van der Waals surface area contributed by atoms with Crippen LogP contribution in [0.1, 0.15) is 81.1 Å². The molecule has 1 aromatic heterocycles. The van der Waals surface area contributed by atoms with Crippen LogP contribution in [0.4, 0.5) is 0 Å². The lowest BCUT2D eigenvalue weighted by Gasteiger charge is -2.45. The van der Waals surface area contributed by atoms with Gasteiger partial charge in [-0.1, -0.05) is 50.8 Å². The van der Waals surface area contributed by atoms with Gasteiger partial charge in [-0.25, -0.2) is 4.98 Å². The minimum Gasteiger partial charge on any atom is -0.351 e. The molecule has 2 N–H and O–H groups in total. The molecule has 2 bridgehead atoms. The number of hydrogen-bond donors (Lipinski definition) is 2. The molecular weight excluding hydrogens is 432 g/mol. The number of aromatic nitrogens is 2. The Morgan fingerprint density at radius 2 is 1.97 bits per heavy atom. The number of hydrogen-bond acceptors (Lipinski definition) is 3. The molecule has 2 aliphatic rings. The molecule has 2 aliphatic carbocycles. The van der Waals surface area contributed by atoms with Crippen LogP contribution < -0.4 is 10.6 Å². The number of imidazole rings is 1. The van der Waals surface area contributed by atoms with Crippen LogP contribution in [0.25, 0.3) is 0 Å². The van der Waals surface area contributed by atoms with E-state index >= 15 is 0 Å². The van der Waals surface area contributed by atoms with E-state index in [0.29, 0.717) is 16.0 Å². The van der Waals surface area contributed by atoms with E-state index in [-0.39, 0.29) is 13.3 Å². The third-order valence-electron chi connectivity index (χ3n) is 7.41. The van der Waals surface area contributed by atoms with Crippen LogP contribution in [-0.2, 0) is 13.0 Å². The predicted molar refractivity (Wildman–Crippen MR) is 137 cm³/mol. The van der Waals surface area contributed by atoms with Crippen molar-refractivity contribution in [2.75, 3.05) is 19.6 Å². The van der Waals surface area contributed by atoms with Crippen molar-refractivity contribution in [3.63, 3.8) is 0 Å². The summed E-state index contributed by atoms with van der Waals surface area (Å²) in [5.74, 6) is 0.859. The van der Waals surface area contributed by atoms with Gasteiger partial charge in [0.2, 0.25) is 0 Å². The van der Waals surface area contributed by atoms with Crippen LogP contribution in [0.2, 0.25) is 5.02 Å². The molecule has 5 nitrogen and oxygen atoms in total. The van der Waals surface area contributed by atoms with Crippen LogP contribution in [0, 0.1) is 11.3 Å². The molecule has 1 heterocycles. The van der Waals surface area contributed by atoms with Gasteiger partial charge in [0.05, 0.1) is 16.9 Å². The maximum Gasteiger partial charge on any atom is 0.252 e. The molecule has 0 unspecified atom stereocenters. The smallest absolute Gasteiger partial charge is 0.252 e. The first-order valence-corrected chi connectivity index (χ1v) is 12.7. The number of amides is 1. The molecule has 0 aliphatic heterocycles. The Kier molecular flexibility index (Phi) is 9.81. The van der Waals surface area contributed by atoms with Crippen molar-refractivity contribution in [2.24, 2.45) is 11.3 Å². The van der Waals surface area contributed by atoms with E-state index in [4.69, 9.17) is 11.6 Å². The lowest BCUT2D eigenvalue weighted by atomic mass is 9.62. The first-order chi connectivity index (χ1) is 15.6. The summed E-state index contributed by atoms with van der Waals surface area (Å²) in [6.07, 6.45) is 17.9. The SMILES string of the molecule is C.O=C(NCC12CCCC(CCC1)C2)c1cc(CCCNCCCn2ccnc2)ccc1Cl. The van der Waals surface area contributed by atoms with Gasteiger partial charge in [-0.3, -0.25) is 4.79 Å². The van der Waals surface area contributed by atoms with Crippen molar-refractivity contribution in [3.05, 3.63) is 53.1 Å². The average molecular weight is 473 g/mol. The van der Waals surface area contributed by atoms with Crippen molar-refractivity contribution in [1.82, 2.24) is 20.2 Å². The van der Waals surface area contributed by atoms with Gasteiger partial charge in [0.15, 0.2) is 0 Å². The molecule has 182 valence electrons. The highest BCUT2D eigenvalue weighted by Gasteiger charge is 2.39. The second kappa shape index (κ2) is 12.6. The average Bonchev–Trinajstić information content (AvgIpc) is 3.31. The Hall–Kier alpha value is -1.85. The summed E-state index contributed by atoms with van der Waals surface area (Å²) in [6.45, 7) is 3.75. The van der Waals surface area contributed by atoms with Crippen molar-refractivity contribution in [3.8, 4) is 0 Å². The largest absolute Gasteiger partial charge is 0.351 e. The van der Waals surface area contributed by atoms with Gasteiger partial charge in [-0.2, -0.15) is 0 Å². The van der Waals surface area contributed by atoms with Crippen LogP contribution in [-0.4, -0.2) is 35.1 Å². The van der Waals surface area contributed by atoms with E-state index in [1.807, 2.05) is 36.9 Å². The van der Waals surface area contributed by atoms with Crippen LogP contribution in [0.5, 0.6) is 0 Å². The topological polar surface area (TPSA) is 59.0 Å². The van der Waals surface area contributed by atoms with Crippen molar-refractivity contribution >= 4 is 17.5 Å². The molecule has 33 heavy (non-hydrogen) atoms. The van der Waals surface area contributed by atoms with Crippen LogP contribution in [0.15, 0.2) is 36.9 Å². The summed E-state index contributed by atoms with van der Waals surface area (Å²) in [7, 11) is 0. The molecule has 0 atom stereocenters. The molecule has 2 saturated carbocycles. The number of carbonyl (C=O) groups is 1. The predicted octanol–water partition coefficient (Wildman–Crippen LogP) is 5.88. The molecule has 2 fully saturated rings. The van der Waals surface area contributed by atoms with Gasteiger partial charge in [-0.05, 0) is 80.6 Å². The number of benzene rings is 1. The summed E-state index contributed by atoms with van der Waals surface area (Å²) in [6, 6.07) is 5.91. The van der Waals surface area contributed by atoms with Gasteiger partial charge in [0, 0.05) is 25.5 Å². The number of aryl methyl sites for hydroxylation is 2. The minimum absolute atomic E-state index is 0. The number of halogens is 1. The Morgan fingerprint density at radius 3 is 2.73 bits per heavy atom. The first-order valence-electron chi connectivity index (χ1n) is 12.4. The van der Waals surface area contributed by atoms with Gasteiger partial charge in [0.25, 0.3) is 5.91 Å². The van der Waals surface area contributed by atoms with Crippen molar-refractivity contribution in [2.45, 2.75) is 78.2 Å². The van der Waals surface area contributed by atoms with Crippen molar-refractivity contribution < 1.29 is 4.79 Å². The van der Waals surface area contributed by atoms with Crippen LogP contribution in [0.3, 0.4) is 0 Å². The van der Waals surface area contributed by atoms with E-state index < -0.39 is 0 Å². The van der Waals surface area contributed by atoms with Crippen LogP contribution >= 0.6 is 11.6 Å². The lowest BCUT2D eigenvalue weighted by molar-refractivity contribution is 0.0682. The third-order valence-corrected chi connectivity index (χ3v) is 7.74. The second-order valence-corrected chi connectivity index (χ2v) is 10.3. The Bertz CT molecular complexity index is 857. The molecular formula is C27H41ClN4O. The quantitative estimate of drug-likeness (QED) is 0.402. The Labute approximate surface area is 204 Å². The minimum atomic E-state index is -0.0171. The Balaban J connectivity index is 0.00000306. The lowest BCUT2D eigenvalue weighted by Crippen LogP contribution is -2.43. The number of nitrogens with zero attached hydrogens (tertiary/aromatic N) is 2. The fraction of sp³-hybridized carbons (Fsp3) is 0.630. The van der Waals surface area contributed by atoms with E-state index in [0.717, 1.165) is 51.4 Å². The Morgan fingerprint density at radius 1 is 1.18 bits per heavy atom. The zero-order chi connectivity index (χ0) is 22.2. The number of fused-ring (bicyclic) bond motifs is 2. The van der Waals surface area contributed by atoms with E-state index in [9.17, 15) is 4.79 Å². The maximum atomic E-state index is 12.9. The highest BCUT2D eigenvalue weighted by molar-refractivity contribution is 6.33. The molecule has 0 saturated heterocycles. The fourth-order valence-corrected chi connectivity index (χ4v) is 5.89. The standard InChI is InChI=1S/C26H37ClN4O.CH4/c27-24-9-8-21(7-3-12-28-13-4-15-31-16-14-29-20-31)17-23(24)25(32)30-19-26-10-1-5-22(18-26)6-2-11-26;/h8-9,14,16-17,20,22,28H,1-7,10-13,15,18-19H2,(H,30,32);1H4. The van der Waals surface area contributed by atoms with E-state index in [1.165, 1.54) is 50.5 Å². The normalized spacial score (nSPS) is 21.9. The number of nitrogens with one attached hydrogen (secondary N) is 2. The van der Waals surface area contributed by atoms with Gasteiger partial charge in [0.1, 0.15) is 0 Å². The summed E-state index contributed by atoms with van der Waals surface area (Å²) >= 11 is 6.40. The zero-order valence-electron chi connectivity index (χ0n) is 19.1. The van der Waals surface area contributed by atoms with Gasteiger partial charge in [-0.15, -0.1) is 0 Å². The third kappa shape index (κ3) is 7.31. The highest BCUT2D eigenvalue weighted by Crippen LogP contribution is 2.48. The highest BCUT2D eigenvalue weighted by atomic mass is 35.5. The number of carbonyl (C=O) groups excluding carboxylic acids is 1. The second-order valence-electron chi connectivity index (χ2n) is 9.86. The summed E-state index contributed by atoms with van der Waals surface area (Å²) in [5.41, 5.74) is 2.12. The molecule has 2 aromatic rings. The molecule has 4 rings (SSSR count). The monoisotopic (exact) mass is 472 g/mol. The molecule has 1 amide bonds. The van der Waals surface area contributed by atoms with Gasteiger partial charge >= 0.3 is 0 Å². The molecule has 6 heteroatoms. The first kappa shape index (κ1) is 25.8. The maximum absolute atomic E-state index is 12.9. The number of rotatable bonds is 11. The molecule has 0 radical (unpaired) electrons. The van der Waals surface area contributed by atoms with Crippen molar-refractivity contribution in [1.29, 1.82) is 0 Å².